The van der Waals surface area contributed by atoms with Crippen molar-refractivity contribution in [2.75, 3.05) is 13.7 Å². The van der Waals surface area contributed by atoms with Crippen LogP contribution in [-0.2, 0) is 11.3 Å². The van der Waals surface area contributed by atoms with Gasteiger partial charge in [0.05, 0.1) is 7.11 Å². The molecular weight excluding hydrogens is 274 g/mol. The fourth-order valence-electron chi connectivity index (χ4n) is 2.13. The van der Waals surface area contributed by atoms with Crippen LogP contribution in [-0.4, -0.2) is 24.5 Å². The molecule has 0 aliphatic carbocycles. The van der Waals surface area contributed by atoms with E-state index in [2.05, 4.69) is 0 Å². The van der Waals surface area contributed by atoms with E-state index in [0.717, 1.165) is 16.9 Å². The van der Waals surface area contributed by atoms with E-state index in [1.807, 2.05) is 67.6 Å². The lowest BCUT2D eigenvalue weighted by Crippen LogP contribution is -2.28. The number of carbonyl (C=O) groups is 1. The van der Waals surface area contributed by atoms with Crippen molar-refractivity contribution in [3.8, 4) is 5.75 Å². The predicted molar refractivity (Wildman–Crippen MR) is 89.6 cm³/mol. The van der Waals surface area contributed by atoms with E-state index in [1.165, 1.54) is 0 Å². The van der Waals surface area contributed by atoms with Gasteiger partial charge in [0.1, 0.15) is 5.75 Å². The lowest BCUT2D eigenvalue weighted by molar-refractivity contribution is -0.126. The predicted octanol–water partition coefficient (Wildman–Crippen LogP) is 3.76. The van der Waals surface area contributed by atoms with Gasteiger partial charge in [0.25, 0.3) is 0 Å². The van der Waals surface area contributed by atoms with Gasteiger partial charge in [-0.15, -0.1) is 0 Å². The molecule has 3 nitrogen and oxygen atoms in total. The SMILES string of the molecule is CCN(Cc1ccc(OC)cc1)C(=O)/C=C/c1ccccc1. The van der Waals surface area contributed by atoms with Crippen molar-refractivity contribution in [1.29, 1.82) is 0 Å². The molecule has 0 saturated heterocycles. The zero-order valence-electron chi connectivity index (χ0n) is 13.0. The van der Waals surface area contributed by atoms with E-state index in [-0.39, 0.29) is 5.91 Å². The third kappa shape index (κ3) is 4.48. The Bertz CT molecular complexity index is 618. The maximum Gasteiger partial charge on any atom is 0.246 e. The molecule has 114 valence electrons. The molecule has 0 atom stereocenters. The highest BCUT2D eigenvalue weighted by molar-refractivity contribution is 5.91. The molecule has 0 aliphatic heterocycles. The highest BCUT2D eigenvalue weighted by Gasteiger charge is 2.09. The number of nitrogens with zero attached hydrogens (tertiary/aromatic N) is 1. The average molecular weight is 295 g/mol. The lowest BCUT2D eigenvalue weighted by atomic mass is 10.2. The van der Waals surface area contributed by atoms with Gasteiger partial charge < -0.3 is 9.64 Å². The van der Waals surface area contributed by atoms with Crippen LogP contribution in [0.4, 0.5) is 0 Å². The van der Waals surface area contributed by atoms with E-state index in [1.54, 1.807) is 18.1 Å². The van der Waals surface area contributed by atoms with Gasteiger partial charge in [-0.05, 0) is 36.3 Å². The summed E-state index contributed by atoms with van der Waals surface area (Å²) in [4.78, 5) is 14.1. The number of hydrogen-bond acceptors (Lipinski definition) is 2. The molecule has 2 rings (SSSR count). The van der Waals surface area contributed by atoms with Crippen LogP contribution in [0.15, 0.2) is 60.7 Å². The summed E-state index contributed by atoms with van der Waals surface area (Å²) < 4.78 is 5.14. The Morgan fingerprint density at radius 1 is 1.09 bits per heavy atom. The number of likely N-dealkylation sites (N-methyl/N-ethyl adjacent to an activating group) is 1. The van der Waals surface area contributed by atoms with E-state index in [4.69, 9.17) is 4.74 Å². The first-order valence-electron chi connectivity index (χ1n) is 7.38. The van der Waals surface area contributed by atoms with Crippen molar-refractivity contribution in [3.05, 3.63) is 71.8 Å². The second-order valence-electron chi connectivity index (χ2n) is 4.94. The number of benzene rings is 2. The maximum absolute atomic E-state index is 12.3. The van der Waals surface area contributed by atoms with Crippen molar-refractivity contribution in [1.82, 2.24) is 4.90 Å². The molecule has 0 fully saturated rings. The monoisotopic (exact) mass is 295 g/mol. The zero-order chi connectivity index (χ0) is 15.8. The van der Waals surface area contributed by atoms with Gasteiger partial charge in [-0.3, -0.25) is 4.79 Å². The highest BCUT2D eigenvalue weighted by Crippen LogP contribution is 2.13. The smallest absolute Gasteiger partial charge is 0.246 e. The maximum atomic E-state index is 12.3. The molecule has 22 heavy (non-hydrogen) atoms. The quantitative estimate of drug-likeness (QED) is 0.759. The van der Waals surface area contributed by atoms with Crippen molar-refractivity contribution in [2.45, 2.75) is 13.5 Å². The minimum absolute atomic E-state index is 0.0159. The standard InChI is InChI=1S/C19H21NO2/c1-3-20(15-17-9-12-18(22-2)13-10-17)19(21)14-11-16-7-5-4-6-8-16/h4-14H,3,15H2,1-2H3/b14-11+. The van der Waals surface area contributed by atoms with Crippen molar-refractivity contribution in [3.63, 3.8) is 0 Å². The topological polar surface area (TPSA) is 29.5 Å². The number of carbonyl (C=O) groups excluding carboxylic acids is 1. The number of ether oxygens (including phenoxy) is 1. The molecule has 1 amide bonds. The zero-order valence-corrected chi connectivity index (χ0v) is 13.0. The molecule has 2 aromatic rings. The molecule has 0 N–H and O–H groups in total. The Kier molecular flexibility index (Phi) is 5.78. The van der Waals surface area contributed by atoms with Crippen LogP contribution in [0.25, 0.3) is 6.08 Å². The summed E-state index contributed by atoms with van der Waals surface area (Å²) in [5.74, 6) is 0.837. The second-order valence-corrected chi connectivity index (χ2v) is 4.94. The number of amides is 1. The second kappa shape index (κ2) is 8.03. The molecule has 0 bridgehead atoms. The Morgan fingerprint density at radius 2 is 1.77 bits per heavy atom. The van der Waals surface area contributed by atoms with Crippen LogP contribution in [0.2, 0.25) is 0 Å². The minimum atomic E-state index is 0.0159. The summed E-state index contributed by atoms with van der Waals surface area (Å²) in [6.45, 7) is 3.25. The van der Waals surface area contributed by atoms with Crippen LogP contribution in [0.5, 0.6) is 5.75 Å². The van der Waals surface area contributed by atoms with Crippen LogP contribution < -0.4 is 4.74 Å². The Morgan fingerprint density at radius 3 is 2.36 bits per heavy atom. The van der Waals surface area contributed by atoms with Crippen LogP contribution in [0, 0.1) is 0 Å². The Labute approximate surface area is 131 Å². The van der Waals surface area contributed by atoms with Gasteiger partial charge in [0, 0.05) is 19.2 Å². The summed E-state index contributed by atoms with van der Waals surface area (Å²) >= 11 is 0. The van der Waals surface area contributed by atoms with Crippen molar-refractivity contribution >= 4 is 12.0 Å². The van der Waals surface area contributed by atoms with Gasteiger partial charge in [-0.2, -0.15) is 0 Å². The molecule has 2 aromatic carbocycles. The molecule has 0 unspecified atom stereocenters. The first-order chi connectivity index (χ1) is 10.7. The third-order valence-electron chi connectivity index (χ3n) is 3.44. The summed E-state index contributed by atoms with van der Waals surface area (Å²) in [6.07, 6.45) is 3.47. The molecule has 0 saturated carbocycles. The average Bonchev–Trinajstić information content (AvgIpc) is 2.59. The fourth-order valence-corrected chi connectivity index (χ4v) is 2.13. The van der Waals surface area contributed by atoms with Gasteiger partial charge in [-0.1, -0.05) is 42.5 Å². The van der Waals surface area contributed by atoms with Gasteiger partial charge in [0.15, 0.2) is 0 Å². The minimum Gasteiger partial charge on any atom is -0.497 e. The lowest BCUT2D eigenvalue weighted by Gasteiger charge is -2.19. The first-order valence-corrected chi connectivity index (χ1v) is 7.38. The molecule has 3 heteroatoms. The summed E-state index contributed by atoms with van der Waals surface area (Å²) in [6, 6.07) is 17.6. The van der Waals surface area contributed by atoms with E-state index in [0.29, 0.717) is 13.1 Å². The largest absolute Gasteiger partial charge is 0.497 e. The molecular formula is C19H21NO2. The van der Waals surface area contributed by atoms with E-state index >= 15 is 0 Å². The van der Waals surface area contributed by atoms with Crippen LogP contribution in [0.3, 0.4) is 0 Å². The molecule has 0 radical (unpaired) electrons. The van der Waals surface area contributed by atoms with E-state index < -0.39 is 0 Å². The number of rotatable bonds is 6. The summed E-state index contributed by atoms with van der Waals surface area (Å²) in [5, 5.41) is 0. The van der Waals surface area contributed by atoms with Gasteiger partial charge >= 0.3 is 0 Å². The molecule has 0 aliphatic rings. The van der Waals surface area contributed by atoms with Gasteiger partial charge in [-0.25, -0.2) is 0 Å². The third-order valence-corrected chi connectivity index (χ3v) is 3.44. The number of hydrogen-bond donors (Lipinski definition) is 0. The summed E-state index contributed by atoms with van der Waals surface area (Å²) in [5.41, 5.74) is 2.11. The van der Waals surface area contributed by atoms with Crippen molar-refractivity contribution in [2.24, 2.45) is 0 Å². The molecule has 0 heterocycles. The summed E-state index contributed by atoms with van der Waals surface area (Å²) in [7, 11) is 1.64. The highest BCUT2D eigenvalue weighted by atomic mass is 16.5. The molecule has 0 spiro atoms. The Hall–Kier alpha value is -2.55. The van der Waals surface area contributed by atoms with Crippen LogP contribution in [0.1, 0.15) is 18.1 Å². The molecule has 0 aromatic heterocycles. The first kappa shape index (κ1) is 15.8. The van der Waals surface area contributed by atoms with Gasteiger partial charge in [0.2, 0.25) is 5.91 Å². The van der Waals surface area contributed by atoms with E-state index in [9.17, 15) is 4.79 Å². The normalized spacial score (nSPS) is 10.6. The van der Waals surface area contributed by atoms with Crippen LogP contribution >= 0.6 is 0 Å². The van der Waals surface area contributed by atoms with Crippen molar-refractivity contribution < 1.29 is 9.53 Å². The fraction of sp³-hybridized carbons (Fsp3) is 0.211. The Balaban J connectivity index is 2.00. The number of methoxy groups -OCH3 is 1.